The van der Waals surface area contributed by atoms with Gasteiger partial charge >= 0.3 is 0 Å². The van der Waals surface area contributed by atoms with Gasteiger partial charge in [-0.25, -0.2) is 4.39 Å². The molecule has 1 aromatic carbocycles. The first kappa shape index (κ1) is 12.4. The maximum Gasteiger partial charge on any atom is 0.165 e. The number of benzene rings is 1. The highest BCUT2D eigenvalue weighted by Crippen LogP contribution is 2.25. The second-order valence-electron chi connectivity index (χ2n) is 4.89. The molecular formula is C14H20FNO. The Kier molecular flexibility index (Phi) is 4.00. The van der Waals surface area contributed by atoms with Gasteiger partial charge in [-0.3, -0.25) is 0 Å². The molecule has 0 aliphatic heterocycles. The number of halogens is 1. The van der Waals surface area contributed by atoms with E-state index in [4.69, 9.17) is 10.5 Å². The second-order valence-corrected chi connectivity index (χ2v) is 4.89. The van der Waals surface area contributed by atoms with E-state index in [9.17, 15) is 4.39 Å². The third-order valence-electron chi connectivity index (χ3n) is 3.37. The average molecular weight is 237 g/mol. The van der Waals surface area contributed by atoms with Gasteiger partial charge < -0.3 is 10.5 Å². The molecule has 0 aromatic heterocycles. The van der Waals surface area contributed by atoms with Crippen LogP contribution in [-0.2, 0) is 0 Å². The van der Waals surface area contributed by atoms with Gasteiger partial charge in [0.1, 0.15) is 6.10 Å². The predicted octanol–water partition coefficient (Wildman–Crippen LogP) is 3.17. The van der Waals surface area contributed by atoms with E-state index in [1.165, 1.54) is 12.5 Å². The number of aryl methyl sites for hydroxylation is 1. The fourth-order valence-corrected chi connectivity index (χ4v) is 2.31. The topological polar surface area (TPSA) is 35.2 Å². The molecule has 0 radical (unpaired) electrons. The maximum absolute atomic E-state index is 13.6. The number of nitrogens with two attached hydrogens (primary N) is 1. The van der Waals surface area contributed by atoms with E-state index >= 15 is 0 Å². The quantitative estimate of drug-likeness (QED) is 0.802. The fourth-order valence-electron chi connectivity index (χ4n) is 2.31. The lowest BCUT2D eigenvalue weighted by molar-refractivity contribution is 0.156. The summed E-state index contributed by atoms with van der Waals surface area (Å²) in [5.74, 6) is 0.0411. The molecule has 0 heterocycles. The highest BCUT2D eigenvalue weighted by atomic mass is 19.1. The zero-order valence-corrected chi connectivity index (χ0v) is 10.3. The molecule has 94 valence electrons. The van der Waals surface area contributed by atoms with Gasteiger partial charge in [-0.1, -0.05) is 18.9 Å². The Bertz CT molecular complexity index is 380. The van der Waals surface area contributed by atoms with Crippen LogP contribution >= 0.6 is 0 Å². The van der Waals surface area contributed by atoms with Crippen molar-refractivity contribution in [2.75, 3.05) is 0 Å². The summed E-state index contributed by atoms with van der Waals surface area (Å²) in [5, 5.41) is 0. The van der Waals surface area contributed by atoms with E-state index in [0.29, 0.717) is 5.75 Å². The average Bonchev–Trinajstić information content (AvgIpc) is 2.50. The lowest BCUT2D eigenvalue weighted by Crippen LogP contribution is -2.38. The Hall–Kier alpha value is -1.09. The van der Waals surface area contributed by atoms with Gasteiger partial charge in [-0.2, -0.15) is 0 Å². The molecule has 0 spiro atoms. The van der Waals surface area contributed by atoms with Gasteiger partial charge in [-0.05, 0) is 43.9 Å². The summed E-state index contributed by atoms with van der Waals surface area (Å²) < 4.78 is 19.3. The molecule has 1 aromatic rings. The van der Waals surface area contributed by atoms with E-state index in [2.05, 4.69) is 0 Å². The minimum absolute atomic E-state index is 0.0254. The Morgan fingerprint density at radius 2 is 2.00 bits per heavy atom. The SMILES string of the molecule is Cc1ccc(F)c(OC2CCCCCC2N)c1. The van der Waals surface area contributed by atoms with Crippen LogP contribution in [0.15, 0.2) is 18.2 Å². The van der Waals surface area contributed by atoms with Crippen LogP contribution in [-0.4, -0.2) is 12.1 Å². The van der Waals surface area contributed by atoms with Crippen molar-refractivity contribution >= 4 is 0 Å². The highest BCUT2D eigenvalue weighted by molar-refractivity contribution is 5.29. The van der Waals surface area contributed by atoms with Gasteiger partial charge in [0.15, 0.2) is 11.6 Å². The van der Waals surface area contributed by atoms with Crippen LogP contribution < -0.4 is 10.5 Å². The van der Waals surface area contributed by atoms with E-state index in [-0.39, 0.29) is 18.0 Å². The molecule has 1 aliphatic carbocycles. The molecule has 1 aliphatic rings. The first-order valence-electron chi connectivity index (χ1n) is 6.35. The minimum Gasteiger partial charge on any atom is -0.486 e. The Labute approximate surface area is 102 Å². The summed E-state index contributed by atoms with van der Waals surface area (Å²) in [6, 6.07) is 4.96. The smallest absolute Gasteiger partial charge is 0.165 e. The zero-order valence-electron chi connectivity index (χ0n) is 10.3. The Morgan fingerprint density at radius 3 is 2.82 bits per heavy atom. The predicted molar refractivity (Wildman–Crippen MR) is 66.6 cm³/mol. The largest absolute Gasteiger partial charge is 0.486 e. The molecule has 17 heavy (non-hydrogen) atoms. The van der Waals surface area contributed by atoms with Crippen LogP contribution in [0.3, 0.4) is 0 Å². The molecule has 1 saturated carbocycles. The summed E-state index contributed by atoms with van der Waals surface area (Å²) in [5.41, 5.74) is 7.07. The van der Waals surface area contributed by atoms with E-state index in [0.717, 1.165) is 31.2 Å². The second kappa shape index (κ2) is 5.50. The summed E-state index contributed by atoms with van der Waals surface area (Å²) in [6.45, 7) is 1.93. The number of hydrogen-bond donors (Lipinski definition) is 1. The van der Waals surface area contributed by atoms with Crippen molar-refractivity contribution in [3.63, 3.8) is 0 Å². The molecule has 0 saturated heterocycles. The molecule has 0 amide bonds. The van der Waals surface area contributed by atoms with Crippen LogP contribution in [0.2, 0.25) is 0 Å². The van der Waals surface area contributed by atoms with Crippen molar-refractivity contribution in [1.29, 1.82) is 0 Å². The summed E-state index contributed by atoms with van der Waals surface area (Å²) in [7, 11) is 0. The number of rotatable bonds is 2. The molecule has 2 N–H and O–H groups in total. The number of ether oxygens (including phenoxy) is 1. The normalized spacial score (nSPS) is 25.4. The molecule has 1 fully saturated rings. The van der Waals surface area contributed by atoms with Crippen LogP contribution in [0.4, 0.5) is 4.39 Å². The molecule has 0 bridgehead atoms. The molecule has 2 nitrogen and oxygen atoms in total. The van der Waals surface area contributed by atoms with Crippen molar-refractivity contribution in [2.45, 2.75) is 51.2 Å². The van der Waals surface area contributed by atoms with Crippen molar-refractivity contribution in [3.8, 4) is 5.75 Å². The molecule has 3 heteroatoms. The first-order chi connectivity index (χ1) is 8.16. The third kappa shape index (κ3) is 3.19. The third-order valence-corrected chi connectivity index (χ3v) is 3.37. The van der Waals surface area contributed by atoms with Crippen molar-refractivity contribution in [1.82, 2.24) is 0 Å². The Morgan fingerprint density at radius 1 is 1.24 bits per heavy atom. The van der Waals surface area contributed by atoms with Crippen LogP contribution in [0.1, 0.15) is 37.7 Å². The fraction of sp³-hybridized carbons (Fsp3) is 0.571. The van der Waals surface area contributed by atoms with E-state index < -0.39 is 0 Å². The molecule has 2 atom stereocenters. The lowest BCUT2D eigenvalue weighted by atomic mass is 10.1. The highest BCUT2D eigenvalue weighted by Gasteiger charge is 2.22. The summed E-state index contributed by atoms with van der Waals surface area (Å²) >= 11 is 0. The van der Waals surface area contributed by atoms with Crippen molar-refractivity contribution in [2.24, 2.45) is 5.73 Å². The van der Waals surface area contributed by atoms with Gasteiger partial charge in [0.05, 0.1) is 0 Å². The molecule has 2 rings (SSSR count). The van der Waals surface area contributed by atoms with Gasteiger partial charge in [0.25, 0.3) is 0 Å². The number of hydrogen-bond acceptors (Lipinski definition) is 2. The minimum atomic E-state index is -0.299. The maximum atomic E-state index is 13.6. The van der Waals surface area contributed by atoms with Gasteiger partial charge in [0.2, 0.25) is 0 Å². The van der Waals surface area contributed by atoms with Crippen molar-refractivity contribution < 1.29 is 9.13 Å². The lowest BCUT2D eigenvalue weighted by Gasteiger charge is -2.23. The van der Waals surface area contributed by atoms with Crippen LogP contribution in [0.25, 0.3) is 0 Å². The summed E-state index contributed by atoms with van der Waals surface area (Å²) in [6.07, 6.45) is 5.31. The summed E-state index contributed by atoms with van der Waals surface area (Å²) in [4.78, 5) is 0. The van der Waals surface area contributed by atoms with Gasteiger partial charge in [-0.15, -0.1) is 0 Å². The molecule has 2 unspecified atom stereocenters. The first-order valence-corrected chi connectivity index (χ1v) is 6.35. The molecular weight excluding hydrogens is 217 g/mol. The monoisotopic (exact) mass is 237 g/mol. The van der Waals surface area contributed by atoms with Crippen LogP contribution in [0.5, 0.6) is 5.75 Å². The van der Waals surface area contributed by atoms with Crippen molar-refractivity contribution in [3.05, 3.63) is 29.6 Å². The van der Waals surface area contributed by atoms with Crippen LogP contribution in [0, 0.1) is 12.7 Å². The van der Waals surface area contributed by atoms with E-state index in [1.807, 2.05) is 6.92 Å². The zero-order chi connectivity index (χ0) is 12.3. The van der Waals surface area contributed by atoms with Gasteiger partial charge in [0, 0.05) is 6.04 Å². The van der Waals surface area contributed by atoms with E-state index in [1.54, 1.807) is 12.1 Å². The Balaban J connectivity index is 2.10. The standard InChI is InChI=1S/C14H20FNO/c1-10-7-8-11(15)14(9-10)17-13-6-4-2-3-5-12(13)16/h7-9,12-13H,2-6,16H2,1H3.